The van der Waals surface area contributed by atoms with Crippen LogP contribution >= 0.6 is 0 Å². The molecule has 240 valence electrons. The van der Waals surface area contributed by atoms with Crippen molar-refractivity contribution in [2.24, 2.45) is 0 Å². The number of rotatable bonds is 7. The largest absolute Gasteiger partial charge is 0.478 e. The van der Waals surface area contributed by atoms with Crippen LogP contribution in [0.25, 0.3) is 11.3 Å². The van der Waals surface area contributed by atoms with Crippen molar-refractivity contribution in [1.82, 2.24) is 25.2 Å². The summed E-state index contributed by atoms with van der Waals surface area (Å²) in [6, 6.07) is 10.3. The second-order valence-electron chi connectivity index (χ2n) is 10.0. The first kappa shape index (κ1) is 34.8. The van der Waals surface area contributed by atoms with Crippen LogP contribution in [0.5, 0.6) is 11.8 Å². The van der Waals surface area contributed by atoms with Crippen LogP contribution in [0.2, 0.25) is 0 Å². The zero-order valence-electron chi connectivity index (χ0n) is 26.6. The molecule has 5 heterocycles. The maximum absolute atomic E-state index is 13.8. The van der Waals surface area contributed by atoms with Gasteiger partial charge in [0.1, 0.15) is 0 Å². The first-order chi connectivity index (χ1) is 21.3. The topological polar surface area (TPSA) is 89.5 Å². The van der Waals surface area contributed by atoms with Gasteiger partial charge in [0.2, 0.25) is 11.8 Å². The summed E-state index contributed by atoms with van der Waals surface area (Å²) in [7, 11) is 0. The van der Waals surface area contributed by atoms with Gasteiger partial charge in [0.25, 0.3) is 5.91 Å². The Morgan fingerprint density at radius 1 is 1.00 bits per heavy atom. The van der Waals surface area contributed by atoms with Gasteiger partial charge in [0.15, 0.2) is 5.69 Å². The molecule has 0 radical (unpaired) electrons. The molecule has 1 amide bonds. The van der Waals surface area contributed by atoms with E-state index in [1.165, 1.54) is 17.0 Å². The molecule has 2 aliphatic heterocycles. The number of alkyl halides is 3. The van der Waals surface area contributed by atoms with E-state index in [4.69, 9.17) is 14.5 Å². The number of fused-ring (bicyclic) bond motifs is 2. The third-order valence-electron chi connectivity index (χ3n) is 7.46. The van der Waals surface area contributed by atoms with Crippen LogP contribution in [0.15, 0.2) is 42.6 Å². The number of pyridine rings is 3. The molecule has 0 atom stereocenters. The zero-order chi connectivity index (χ0) is 32.3. The molecule has 44 heavy (non-hydrogen) atoms. The van der Waals surface area contributed by atoms with Gasteiger partial charge in [-0.05, 0) is 56.0 Å². The maximum Gasteiger partial charge on any atom is 0.434 e. The molecule has 8 nitrogen and oxygen atoms in total. The van der Waals surface area contributed by atoms with Crippen molar-refractivity contribution in [2.45, 2.75) is 78.9 Å². The number of likely N-dealkylation sites (tertiary alicyclic amines) is 1. The molecule has 5 rings (SSSR count). The fraction of sp³-hybridized carbons (Fsp3) is 0.515. The van der Waals surface area contributed by atoms with Crippen molar-refractivity contribution in [3.63, 3.8) is 0 Å². The van der Waals surface area contributed by atoms with Gasteiger partial charge < -0.3 is 19.7 Å². The molecule has 1 N–H and O–H groups in total. The van der Waals surface area contributed by atoms with Crippen molar-refractivity contribution in [3.8, 4) is 23.0 Å². The molecule has 3 aromatic heterocycles. The normalized spacial score (nSPS) is 15.2. The smallest absolute Gasteiger partial charge is 0.434 e. The quantitative estimate of drug-likeness (QED) is 0.304. The van der Waals surface area contributed by atoms with E-state index >= 15 is 0 Å². The summed E-state index contributed by atoms with van der Waals surface area (Å²) in [5.74, 6) is -0.283. The molecular weight excluding hydrogens is 571 g/mol. The molecule has 1 fully saturated rings. The molecule has 0 bridgehead atoms. The summed E-state index contributed by atoms with van der Waals surface area (Å²) in [4.78, 5) is 27.7. The van der Waals surface area contributed by atoms with Crippen molar-refractivity contribution in [1.29, 1.82) is 0 Å². The Hall–Kier alpha value is -3.73. The molecule has 1 spiro atoms. The van der Waals surface area contributed by atoms with Gasteiger partial charge in [-0.25, -0.2) is 9.97 Å². The molecule has 0 saturated carbocycles. The molecule has 1 saturated heterocycles. The zero-order valence-corrected chi connectivity index (χ0v) is 26.6. The lowest BCUT2D eigenvalue weighted by Crippen LogP contribution is -2.52. The number of hydrogen-bond donors (Lipinski definition) is 1. The first-order valence-corrected chi connectivity index (χ1v) is 15.6. The predicted molar refractivity (Wildman–Crippen MR) is 165 cm³/mol. The monoisotopic (exact) mass is 615 g/mol. The van der Waals surface area contributed by atoms with Crippen LogP contribution < -0.4 is 14.8 Å². The number of carbonyl (C=O) groups is 1. The Bertz CT molecular complexity index is 1380. The molecule has 0 unspecified atom stereocenters. The molecule has 0 aliphatic carbocycles. The highest BCUT2D eigenvalue weighted by molar-refractivity contribution is 5.95. The number of hydrogen-bond acceptors (Lipinski definition) is 7. The second-order valence-corrected chi connectivity index (χ2v) is 10.0. The van der Waals surface area contributed by atoms with Crippen LogP contribution in [-0.4, -0.2) is 58.6 Å². The van der Waals surface area contributed by atoms with E-state index < -0.39 is 23.3 Å². The van der Waals surface area contributed by atoms with E-state index in [1.54, 1.807) is 6.20 Å². The van der Waals surface area contributed by atoms with Crippen LogP contribution in [0.3, 0.4) is 0 Å². The average molecular weight is 616 g/mol. The Morgan fingerprint density at radius 2 is 1.73 bits per heavy atom. The van der Waals surface area contributed by atoms with E-state index in [0.29, 0.717) is 57.9 Å². The summed E-state index contributed by atoms with van der Waals surface area (Å²) in [5.41, 5.74) is 1.67. The third-order valence-corrected chi connectivity index (χ3v) is 7.46. The van der Waals surface area contributed by atoms with Gasteiger partial charge in [-0.3, -0.25) is 9.78 Å². The van der Waals surface area contributed by atoms with Crippen LogP contribution in [0.4, 0.5) is 13.2 Å². The van der Waals surface area contributed by atoms with Gasteiger partial charge in [-0.15, -0.1) is 0 Å². The van der Waals surface area contributed by atoms with E-state index in [2.05, 4.69) is 21.4 Å². The Kier molecular flexibility index (Phi) is 12.5. The number of amides is 1. The lowest BCUT2D eigenvalue weighted by atomic mass is 9.70. The van der Waals surface area contributed by atoms with Gasteiger partial charge >= 0.3 is 6.18 Å². The number of carbonyl (C=O) groups excluding carboxylic acids is 1. The summed E-state index contributed by atoms with van der Waals surface area (Å²) < 4.78 is 52.5. The summed E-state index contributed by atoms with van der Waals surface area (Å²) in [6.07, 6.45) is -1.27. The van der Waals surface area contributed by atoms with Gasteiger partial charge in [0, 0.05) is 43.9 Å². The predicted octanol–water partition coefficient (Wildman–Crippen LogP) is 7.07. The summed E-state index contributed by atoms with van der Waals surface area (Å²) in [5, 5.41) is 3.46. The highest BCUT2D eigenvalue weighted by atomic mass is 19.4. The maximum atomic E-state index is 13.8. The highest BCUT2D eigenvalue weighted by Gasteiger charge is 2.43. The van der Waals surface area contributed by atoms with Crippen LogP contribution in [0, 0.1) is 0 Å². The number of piperidine rings is 1. The minimum atomic E-state index is -4.78. The number of ether oxygens (including phenoxy) is 2. The number of nitrogens with zero attached hydrogens (tertiary/aromatic N) is 4. The molecule has 11 heteroatoms. The van der Waals surface area contributed by atoms with Gasteiger partial charge in [-0.2, -0.15) is 13.2 Å². The van der Waals surface area contributed by atoms with Crippen molar-refractivity contribution < 1.29 is 27.4 Å². The minimum Gasteiger partial charge on any atom is -0.478 e. The second kappa shape index (κ2) is 15.8. The summed E-state index contributed by atoms with van der Waals surface area (Å²) in [6.45, 7) is 14.4. The van der Waals surface area contributed by atoms with E-state index in [-0.39, 0.29) is 17.9 Å². The molecule has 2 aliphatic rings. The molecule has 3 aromatic rings. The number of aromatic nitrogens is 3. The fourth-order valence-corrected chi connectivity index (χ4v) is 5.49. The third kappa shape index (κ3) is 7.67. The minimum absolute atomic E-state index is 0.139. The molecular formula is C33H44F3N5O3. The van der Waals surface area contributed by atoms with Gasteiger partial charge in [-0.1, -0.05) is 40.7 Å². The standard InChI is InChI=1S/C29H32F3N5O3.2C2H6/c1-3-16-40-24-10-7-20(25(36-24)29(30,31)32)27(38)37-14-11-28(12-15-37)18-33-17-23-21(28)8-9-22(35-23)19-6-5-13-34-26(19)39-4-2;2*1-2/h5-10,13,33H,3-4,11-12,14-18H2,1-2H3;2*1-2H3. The van der Waals surface area contributed by atoms with E-state index in [9.17, 15) is 18.0 Å². The van der Waals surface area contributed by atoms with Crippen molar-refractivity contribution >= 4 is 5.91 Å². The Labute approximate surface area is 258 Å². The van der Waals surface area contributed by atoms with E-state index in [1.807, 2.05) is 59.7 Å². The van der Waals surface area contributed by atoms with Crippen molar-refractivity contribution in [3.05, 3.63) is 65.1 Å². The fourth-order valence-electron chi connectivity index (χ4n) is 5.49. The van der Waals surface area contributed by atoms with Crippen LogP contribution in [0.1, 0.15) is 88.1 Å². The SMILES string of the molecule is CC.CC.CCCOc1ccc(C(=O)N2CCC3(CC2)CNCc2nc(-c4cccnc4OCC)ccc23)c(C(F)(F)F)n1. The summed E-state index contributed by atoms with van der Waals surface area (Å²) >= 11 is 0. The number of nitrogens with one attached hydrogen (secondary N) is 1. The number of halogens is 3. The average Bonchev–Trinajstić information content (AvgIpc) is 3.05. The van der Waals surface area contributed by atoms with Crippen molar-refractivity contribution in [2.75, 3.05) is 32.8 Å². The molecule has 0 aromatic carbocycles. The van der Waals surface area contributed by atoms with Gasteiger partial charge in [0.05, 0.1) is 35.7 Å². The Morgan fingerprint density at radius 3 is 2.39 bits per heavy atom. The highest BCUT2D eigenvalue weighted by Crippen LogP contribution is 2.41. The van der Waals surface area contributed by atoms with Crippen LogP contribution in [-0.2, 0) is 18.1 Å². The lowest BCUT2D eigenvalue weighted by Gasteiger charge is -2.45. The lowest BCUT2D eigenvalue weighted by molar-refractivity contribution is -0.141. The first-order valence-electron chi connectivity index (χ1n) is 15.6. The Balaban J connectivity index is 0.00000127. The van der Waals surface area contributed by atoms with E-state index in [0.717, 1.165) is 22.5 Å².